The van der Waals surface area contributed by atoms with Crippen LogP contribution in [0.15, 0.2) is 23.1 Å². The molecule has 1 aliphatic heterocycles. The highest BCUT2D eigenvalue weighted by Crippen LogP contribution is 2.38. The molecule has 1 aromatic rings. The number of nitrogens with zero attached hydrogens (tertiary/aromatic N) is 1. The Morgan fingerprint density at radius 2 is 2.38 bits per heavy atom. The molecule has 4 heteroatoms. The molecule has 0 saturated heterocycles. The molecule has 1 heterocycles. The van der Waals surface area contributed by atoms with E-state index in [4.69, 9.17) is 17.3 Å². The first-order chi connectivity index (χ1) is 7.72. The smallest absolute Gasteiger partial charge is 0.0522 e. The molecule has 2 N–H and O–H groups in total. The Balaban J connectivity index is 2.27. The first-order valence-electron chi connectivity index (χ1n) is 5.61. The van der Waals surface area contributed by atoms with E-state index < -0.39 is 0 Å². The minimum atomic E-state index is 0.558. The van der Waals surface area contributed by atoms with Crippen LogP contribution in [0.5, 0.6) is 0 Å². The number of rotatable bonds is 3. The molecule has 0 saturated carbocycles. The van der Waals surface area contributed by atoms with Gasteiger partial charge in [0.1, 0.15) is 0 Å². The molecule has 1 atom stereocenters. The lowest BCUT2D eigenvalue weighted by Crippen LogP contribution is -2.39. The summed E-state index contributed by atoms with van der Waals surface area (Å²) in [7, 11) is 0. The molecule has 2 rings (SSSR count). The standard InChI is InChI=1S/C12H17ClN2S/c1-9-8-16-12-4-3-10(13)7-11(12)15(9)6-2-5-14/h3-4,7,9H,2,5-6,8,14H2,1H3. The van der Waals surface area contributed by atoms with Crippen LogP contribution in [0.3, 0.4) is 0 Å². The van der Waals surface area contributed by atoms with Crippen LogP contribution in [0.2, 0.25) is 5.02 Å². The lowest BCUT2D eigenvalue weighted by atomic mass is 10.2. The van der Waals surface area contributed by atoms with Crippen molar-refractivity contribution in [1.29, 1.82) is 0 Å². The molecule has 1 aromatic carbocycles. The van der Waals surface area contributed by atoms with Gasteiger partial charge in [0, 0.05) is 28.3 Å². The third-order valence-corrected chi connectivity index (χ3v) is 4.39. The number of hydrogen-bond donors (Lipinski definition) is 1. The van der Waals surface area contributed by atoms with Crippen molar-refractivity contribution in [3.8, 4) is 0 Å². The third-order valence-electron chi connectivity index (χ3n) is 2.85. The zero-order chi connectivity index (χ0) is 11.5. The Morgan fingerprint density at radius 1 is 1.56 bits per heavy atom. The Bertz CT molecular complexity index is 370. The molecule has 0 aliphatic carbocycles. The van der Waals surface area contributed by atoms with Gasteiger partial charge in [-0.15, -0.1) is 11.8 Å². The lowest BCUT2D eigenvalue weighted by Gasteiger charge is -2.36. The largest absolute Gasteiger partial charge is 0.367 e. The molecule has 0 fully saturated rings. The maximum Gasteiger partial charge on any atom is 0.0522 e. The molecule has 0 spiro atoms. The van der Waals surface area contributed by atoms with Gasteiger partial charge in [0.15, 0.2) is 0 Å². The minimum Gasteiger partial charge on any atom is -0.367 e. The Labute approximate surface area is 106 Å². The van der Waals surface area contributed by atoms with E-state index in [1.54, 1.807) is 0 Å². The van der Waals surface area contributed by atoms with Crippen LogP contribution < -0.4 is 10.6 Å². The fraction of sp³-hybridized carbons (Fsp3) is 0.500. The van der Waals surface area contributed by atoms with E-state index in [1.807, 2.05) is 17.8 Å². The van der Waals surface area contributed by atoms with Crippen molar-refractivity contribution >= 4 is 29.1 Å². The predicted molar refractivity (Wildman–Crippen MR) is 72.7 cm³/mol. The molecule has 88 valence electrons. The molecule has 0 bridgehead atoms. The highest BCUT2D eigenvalue weighted by Gasteiger charge is 2.23. The number of nitrogens with two attached hydrogens (primary N) is 1. The Kier molecular flexibility index (Phi) is 4.00. The van der Waals surface area contributed by atoms with Crippen LogP contribution in [-0.4, -0.2) is 24.9 Å². The summed E-state index contributed by atoms with van der Waals surface area (Å²) in [5.41, 5.74) is 6.85. The maximum absolute atomic E-state index is 6.06. The van der Waals surface area contributed by atoms with Crippen molar-refractivity contribution in [3.05, 3.63) is 23.2 Å². The van der Waals surface area contributed by atoms with Crippen molar-refractivity contribution in [2.45, 2.75) is 24.3 Å². The lowest BCUT2D eigenvalue weighted by molar-refractivity contribution is 0.652. The molecule has 0 radical (unpaired) electrons. The van der Waals surface area contributed by atoms with Crippen molar-refractivity contribution < 1.29 is 0 Å². The third kappa shape index (κ3) is 2.47. The quantitative estimate of drug-likeness (QED) is 0.902. The summed E-state index contributed by atoms with van der Waals surface area (Å²) >= 11 is 7.97. The molecule has 16 heavy (non-hydrogen) atoms. The molecule has 1 unspecified atom stereocenters. The van der Waals surface area contributed by atoms with Gasteiger partial charge in [-0.2, -0.15) is 0 Å². The van der Waals surface area contributed by atoms with Crippen LogP contribution in [0.1, 0.15) is 13.3 Å². The Morgan fingerprint density at radius 3 is 3.12 bits per heavy atom. The van der Waals surface area contributed by atoms with E-state index in [0.717, 1.165) is 30.3 Å². The minimum absolute atomic E-state index is 0.558. The fourth-order valence-electron chi connectivity index (χ4n) is 1.98. The van der Waals surface area contributed by atoms with E-state index in [1.165, 1.54) is 10.6 Å². The summed E-state index contributed by atoms with van der Waals surface area (Å²) in [6.45, 7) is 4.02. The summed E-state index contributed by atoms with van der Waals surface area (Å²) in [6.07, 6.45) is 1.03. The molecular formula is C12H17ClN2S. The van der Waals surface area contributed by atoms with Gasteiger partial charge in [-0.1, -0.05) is 11.6 Å². The average Bonchev–Trinajstić information content (AvgIpc) is 2.28. The number of halogens is 1. The van der Waals surface area contributed by atoms with E-state index in [-0.39, 0.29) is 0 Å². The maximum atomic E-state index is 6.06. The number of thioether (sulfide) groups is 1. The van der Waals surface area contributed by atoms with Crippen molar-refractivity contribution in [1.82, 2.24) is 0 Å². The first kappa shape index (κ1) is 12.1. The zero-order valence-electron chi connectivity index (χ0n) is 9.45. The normalized spacial score (nSPS) is 19.7. The van der Waals surface area contributed by atoms with Gasteiger partial charge in [-0.3, -0.25) is 0 Å². The van der Waals surface area contributed by atoms with Gasteiger partial charge >= 0.3 is 0 Å². The van der Waals surface area contributed by atoms with Crippen LogP contribution in [0, 0.1) is 0 Å². The summed E-state index contributed by atoms with van der Waals surface area (Å²) in [5, 5.41) is 0.811. The zero-order valence-corrected chi connectivity index (χ0v) is 11.0. The van der Waals surface area contributed by atoms with Crippen molar-refractivity contribution in [2.24, 2.45) is 5.73 Å². The highest BCUT2D eigenvalue weighted by molar-refractivity contribution is 7.99. The SMILES string of the molecule is CC1CSc2ccc(Cl)cc2N1CCCN. The van der Waals surface area contributed by atoms with Crippen LogP contribution >= 0.6 is 23.4 Å². The number of anilines is 1. The van der Waals surface area contributed by atoms with Gasteiger partial charge < -0.3 is 10.6 Å². The Hall–Kier alpha value is -0.380. The molecule has 1 aliphatic rings. The molecule has 2 nitrogen and oxygen atoms in total. The second-order valence-electron chi connectivity index (χ2n) is 4.11. The van der Waals surface area contributed by atoms with E-state index >= 15 is 0 Å². The molecular weight excluding hydrogens is 240 g/mol. The topological polar surface area (TPSA) is 29.3 Å². The van der Waals surface area contributed by atoms with E-state index in [0.29, 0.717) is 6.04 Å². The van der Waals surface area contributed by atoms with Crippen molar-refractivity contribution in [2.75, 3.05) is 23.7 Å². The van der Waals surface area contributed by atoms with Crippen LogP contribution in [0.25, 0.3) is 0 Å². The molecule has 0 amide bonds. The van der Waals surface area contributed by atoms with Crippen molar-refractivity contribution in [3.63, 3.8) is 0 Å². The summed E-state index contributed by atoms with van der Waals surface area (Å²) in [4.78, 5) is 3.75. The van der Waals surface area contributed by atoms with E-state index in [9.17, 15) is 0 Å². The van der Waals surface area contributed by atoms with Gasteiger partial charge in [0.25, 0.3) is 0 Å². The summed E-state index contributed by atoms with van der Waals surface area (Å²) in [6, 6.07) is 6.70. The molecule has 0 aromatic heterocycles. The summed E-state index contributed by atoms with van der Waals surface area (Å²) < 4.78 is 0. The fourth-order valence-corrected chi connectivity index (χ4v) is 3.23. The van der Waals surface area contributed by atoms with Gasteiger partial charge in [-0.25, -0.2) is 0 Å². The van der Waals surface area contributed by atoms with Gasteiger partial charge in [0.2, 0.25) is 0 Å². The van der Waals surface area contributed by atoms with Crippen LogP contribution in [0.4, 0.5) is 5.69 Å². The predicted octanol–water partition coefficient (Wildman–Crippen LogP) is 2.99. The number of fused-ring (bicyclic) bond motifs is 1. The second kappa shape index (κ2) is 5.30. The number of hydrogen-bond acceptors (Lipinski definition) is 3. The highest BCUT2D eigenvalue weighted by atomic mass is 35.5. The van der Waals surface area contributed by atoms with Gasteiger partial charge in [0.05, 0.1) is 5.69 Å². The monoisotopic (exact) mass is 256 g/mol. The number of benzene rings is 1. The van der Waals surface area contributed by atoms with E-state index in [2.05, 4.69) is 24.0 Å². The van der Waals surface area contributed by atoms with Crippen LogP contribution in [-0.2, 0) is 0 Å². The van der Waals surface area contributed by atoms with Gasteiger partial charge in [-0.05, 0) is 38.1 Å². The summed E-state index contributed by atoms with van der Waals surface area (Å²) in [5.74, 6) is 1.14. The second-order valence-corrected chi connectivity index (χ2v) is 5.61. The average molecular weight is 257 g/mol. The first-order valence-corrected chi connectivity index (χ1v) is 6.98.